The number of nitrogens with one attached hydrogen (secondary N) is 1. The fourth-order valence-electron chi connectivity index (χ4n) is 4.26. The van der Waals surface area contributed by atoms with Gasteiger partial charge in [-0.1, -0.05) is 96.0 Å². The van der Waals surface area contributed by atoms with Crippen LogP contribution in [0.3, 0.4) is 0 Å². The maximum Gasteiger partial charge on any atom is 0.254 e. The maximum absolute atomic E-state index is 13.5. The molecular weight excluding hydrogens is 508 g/mol. The summed E-state index contributed by atoms with van der Waals surface area (Å²) in [6.45, 7) is 2.11. The normalized spacial score (nSPS) is 10.7. The third kappa shape index (κ3) is 6.43. The van der Waals surface area contributed by atoms with Crippen molar-refractivity contribution in [2.75, 3.05) is 11.9 Å². The number of hydrogen-bond acceptors (Lipinski definition) is 3. The highest BCUT2D eigenvalue weighted by Gasteiger charge is 2.21. The van der Waals surface area contributed by atoms with Gasteiger partial charge >= 0.3 is 0 Å². The number of aromatic nitrogens is 2. The summed E-state index contributed by atoms with van der Waals surface area (Å²) in [5.41, 5.74) is 4.87. The molecule has 1 aromatic heterocycles. The lowest BCUT2D eigenvalue weighted by atomic mass is 10.1. The Morgan fingerprint density at radius 3 is 2.26 bits per heavy atom. The molecule has 4 aromatic carbocycles. The number of aryl methyl sites for hydroxylation is 1. The second kappa shape index (κ2) is 11.8. The minimum atomic E-state index is -0.361. The molecule has 0 aliphatic rings. The van der Waals surface area contributed by atoms with E-state index in [1.165, 1.54) is 0 Å². The van der Waals surface area contributed by atoms with Crippen molar-refractivity contribution in [3.8, 4) is 16.9 Å². The van der Waals surface area contributed by atoms with Crippen molar-refractivity contribution in [1.82, 2.24) is 14.5 Å². The molecule has 0 radical (unpaired) electrons. The van der Waals surface area contributed by atoms with Crippen LogP contribution in [0.4, 0.5) is 5.95 Å². The van der Waals surface area contributed by atoms with Crippen molar-refractivity contribution in [1.29, 1.82) is 0 Å². The SMILES string of the molecule is Cc1ccc(C(=O)N(CC(=O)Nc2nc(-c3ccccc3)cn2-c2cccc(Cl)c2)Cc2ccccc2)cc1. The number of benzene rings is 4. The number of carbonyl (C=O) groups excluding carboxylic acids is 2. The molecule has 0 spiro atoms. The first-order chi connectivity index (χ1) is 19.0. The maximum atomic E-state index is 13.5. The molecule has 6 nitrogen and oxygen atoms in total. The van der Waals surface area contributed by atoms with Crippen LogP contribution in [-0.2, 0) is 11.3 Å². The zero-order chi connectivity index (χ0) is 27.2. The van der Waals surface area contributed by atoms with Crippen LogP contribution in [0.5, 0.6) is 0 Å². The Hall–Kier alpha value is -4.68. The van der Waals surface area contributed by atoms with Gasteiger partial charge < -0.3 is 4.90 Å². The molecule has 39 heavy (non-hydrogen) atoms. The molecule has 0 bridgehead atoms. The summed E-state index contributed by atoms with van der Waals surface area (Å²) in [4.78, 5) is 33.1. The molecule has 1 N–H and O–H groups in total. The number of nitrogens with zero attached hydrogens (tertiary/aromatic N) is 3. The lowest BCUT2D eigenvalue weighted by Crippen LogP contribution is -2.38. The van der Waals surface area contributed by atoms with Gasteiger partial charge in [0.25, 0.3) is 5.91 Å². The topological polar surface area (TPSA) is 67.2 Å². The first-order valence-electron chi connectivity index (χ1n) is 12.6. The number of imidazole rings is 1. The molecule has 1 heterocycles. The average Bonchev–Trinajstić information content (AvgIpc) is 3.37. The smallest absolute Gasteiger partial charge is 0.254 e. The molecule has 0 fully saturated rings. The van der Waals surface area contributed by atoms with Crippen LogP contribution in [-0.4, -0.2) is 32.8 Å². The van der Waals surface area contributed by atoms with E-state index in [1.54, 1.807) is 33.7 Å². The standard InChI is InChI=1S/C32H27ClN4O2/c1-23-15-17-26(18-16-23)31(39)36(20-24-9-4-2-5-10-24)22-30(38)35-32-34-29(25-11-6-3-7-12-25)21-37(32)28-14-8-13-27(33)19-28/h2-19,21H,20,22H2,1H3,(H,34,35,38). The zero-order valence-electron chi connectivity index (χ0n) is 21.4. The van der Waals surface area contributed by atoms with Gasteiger partial charge in [-0.25, -0.2) is 4.98 Å². The summed E-state index contributed by atoms with van der Waals surface area (Å²) in [6, 6.07) is 34.0. The van der Waals surface area contributed by atoms with E-state index in [4.69, 9.17) is 16.6 Å². The van der Waals surface area contributed by atoms with Crippen LogP contribution in [0.1, 0.15) is 21.5 Å². The van der Waals surface area contributed by atoms with Crippen LogP contribution in [0.15, 0.2) is 115 Å². The number of halogens is 1. The van der Waals surface area contributed by atoms with Crippen molar-refractivity contribution in [3.05, 3.63) is 137 Å². The second-order valence-corrected chi connectivity index (χ2v) is 9.66. The molecule has 0 saturated carbocycles. The quantitative estimate of drug-likeness (QED) is 0.238. The molecule has 5 rings (SSSR count). The van der Waals surface area contributed by atoms with Gasteiger partial charge in [-0.3, -0.25) is 19.5 Å². The first kappa shape index (κ1) is 25.9. The lowest BCUT2D eigenvalue weighted by Gasteiger charge is -2.22. The van der Waals surface area contributed by atoms with Gasteiger partial charge in [0.05, 0.1) is 5.69 Å². The van der Waals surface area contributed by atoms with Crippen molar-refractivity contribution in [2.24, 2.45) is 0 Å². The Morgan fingerprint density at radius 2 is 1.56 bits per heavy atom. The number of hydrogen-bond donors (Lipinski definition) is 1. The third-order valence-corrected chi connectivity index (χ3v) is 6.48. The Balaban J connectivity index is 1.44. The van der Waals surface area contributed by atoms with Gasteiger partial charge in [-0.05, 0) is 42.8 Å². The van der Waals surface area contributed by atoms with Gasteiger partial charge in [0, 0.05) is 34.6 Å². The zero-order valence-corrected chi connectivity index (χ0v) is 22.2. The van der Waals surface area contributed by atoms with E-state index in [0.717, 1.165) is 22.4 Å². The highest BCUT2D eigenvalue weighted by molar-refractivity contribution is 6.30. The second-order valence-electron chi connectivity index (χ2n) is 9.23. The van der Waals surface area contributed by atoms with E-state index in [-0.39, 0.29) is 18.4 Å². The Bertz CT molecular complexity index is 1580. The van der Waals surface area contributed by atoms with E-state index < -0.39 is 0 Å². The van der Waals surface area contributed by atoms with Crippen LogP contribution in [0.2, 0.25) is 5.02 Å². The number of carbonyl (C=O) groups is 2. The van der Waals surface area contributed by atoms with E-state index in [9.17, 15) is 9.59 Å². The van der Waals surface area contributed by atoms with E-state index in [0.29, 0.717) is 28.8 Å². The monoisotopic (exact) mass is 534 g/mol. The van der Waals surface area contributed by atoms with Crippen molar-refractivity contribution < 1.29 is 9.59 Å². The minimum Gasteiger partial charge on any atom is -0.325 e. The molecule has 0 atom stereocenters. The lowest BCUT2D eigenvalue weighted by molar-refractivity contribution is -0.117. The first-order valence-corrected chi connectivity index (χ1v) is 12.9. The molecular formula is C32H27ClN4O2. The molecule has 7 heteroatoms. The molecule has 5 aromatic rings. The average molecular weight is 535 g/mol. The molecule has 0 saturated heterocycles. The van der Waals surface area contributed by atoms with Crippen LogP contribution >= 0.6 is 11.6 Å². The number of rotatable bonds is 8. The fraction of sp³-hybridized carbons (Fsp3) is 0.0938. The Kier molecular flexibility index (Phi) is 7.85. The highest BCUT2D eigenvalue weighted by Crippen LogP contribution is 2.25. The third-order valence-electron chi connectivity index (χ3n) is 6.25. The van der Waals surface area contributed by atoms with Gasteiger partial charge in [0.2, 0.25) is 11.9 Å². The minimum absolute atomic E-state index is 0.148. The largest absolute Gasteiger partial charge is 0.325 e. The van der Waals surface area contributed by atoms with Crippen molar-refractivity contribution >= 4 is 29.4 Å². The van der Waals surface area contributed by atoms with Gasteiger partial charge in [-0.2, -0.15) is 0 Å². The molecule has 194 valence electrons. The molecule has 0 unspecified atom stereocenters. The highest BCUT2D eigenvalue weighted by atomic mass is 35.5. The summed E-state index contributed by atoms with van der Waals surface area (Å²) in [5, 5.41) is 3.49. The van der Waals surface area contributed by atoms with E-state index in [2.05, 4.69) is 5.32 Å². The van der Waals surface area contributed by atoms with Crippen molar-refractivity contribution in [2.45, 2.75) is 13.5 Å². The van der Waals surface area contributed by atoms with E-state index >= 15 is 0 Å². The summed E-state index contributed by atoms with van der Waals surface area (Å²) >= 11 is 6.26. The summed E-state index contributed by atoms with van der Waals surface area (Å²) in [7, 11) is 0. The molecule has 2 amide bonds. The molecule has 0 aliphatic carbocycles. The number of amides is 2. The summed E-state index contributed by atoms with van der Waals surface area (Å²) in [5.74, 6) is -0.249. The Labute approximate surface area is 232 Å². The molecule has 0 aliphatic heterocycles. The van der Waals surface area contributed by atoms with E-state index in [1.807, 2.05) is 98.0 Å². The number of anilines is 1. The predicted octanol–water partition coefficient (Wildman–Crippen LogP) is 6.78. The Morgan fingerprint density at radius 1 is 0.872 bits per heavy atom. The van der Waals surface area contributed by atoms with Crippen LogP contribution in [0.25, 0.3) is 16.9 Å². The van der Waals surface area contributed by atoms with Gasteiger partial charge in [-0.15, -0.1) is 0 Å². The predicted molar refractivity (Wildman–Crippen MR) is 155 cm³/mol. The van der Waals surface area contributed by atoms with Crippen LogP contribution < -0.4 is 5.32 Å². The van der Waals surface area contributed by atoms with Crippen LogP contribution in [0, 0.1) is 6.92 Å². The van der Waals surface area contributed by atoms with Gasteiger partial charge in [0.15, 0.2) is 0 Å². The summed E-state index contributed by atoms with van der Waals surface area (Å²) < 4.78 is 1.79. The van der Waals surface area contributed by atoms with Crippen molar-refractivity contribution in [3.63, 3.8) is 0 Å². The fourth-order valence-corrected chi connectivity index (χ4v) is 4.44. The summed E-state index contributed by atoms with van der Waals surface area (Å²) in [6.07, 6.45) is 1.86. The van der Waals surface area contributed by atoms with Gasteiger partial charge in [0.1, 0.15) is 6.54 Å².